The molecule has 3 aromatic rings. The first-order chi connectivity index (χ1) is 15.0. The molecule has 0 aliphatic rings. The van der Waals surface area contributed by atoms with Gasteiger partial charge in [-0.05, 0) is 54.1 Å². The van der Waals surface area contributed by atoms with E-state index in [4.69, 9.17) is 19.3 Å². The van der Waals surface area contributed by atoms with Crippen LogP contribution in [0.3, 0.4) is 0 Å². The zero-order valence-corrected chi connectivity index (χ0v) is 17.0. The Balaban J connectivity index is 1.50. The minimum Gasteiger partial charge on any atom is -0.484 e. The molecular weight excluding hydrogens is 398 g/mol. The monoisotopic (exact) mass is 421 g/mol. The van der Waals surface area contributed by atoms with Crippen LogP contribution in [0.4, 0.5) is 5.69 Å². The van der Waals surface area contributed by atoms with E-state index in [1.807, 2.05) is 30.3 Å². The number of rotatable bonds is 10. The Morgan fingerprint density at radius 2 is 1.58 bits per heavy atom. The molecule has 7 nitrogen and oxygen atoms in total. The molecule has 3 rings (SSSR count). The molecule has 2 N–H and O–H groups in total. The molecule has 0 radical (unpaired) electrons. The maximum absolute atomic E-state index is 12.2. The molecule has 0 aliphatic carbocycles. The van der Waals surface area contributed by atoms with Crippen molar-refractivity contribution in [3.63, 3.8) is 0 Å². The Hall–Kier alpha value is -3.84. The zero-order valence-electron chi connectivity index (χ0n) is 17.0. The highest BCUT2D eigenvalue weighted by Crippen LogP contribution is 2.22. The van der Waals surface area contributed by atoms with Crippen LogP contribution in [-0.4, -0.2) is 36.8 Å². The molecule has 0 saturated carbocycles. The molecule has 0 saturated heterocycles. The Bertz CT molecular complexity index is 1000. The summed E-state index contributed by atoms with van der Waals surface area (Å²) in [5, 5.41) is 11.9. The number of hydrogen-bond donors (Lipinski definition) is 2. The number of methoxy groups -OCH3 is 1. The lowest BCUT2D eigenvalue weighted by molar-refractivity contribution is -0.148. The number of hydrogen-bond acceptors (Lipinski definition) is 5. The van der Waals surface area contributed by atoms with Crippen molar-refractivity contribution in [2.24, 2.45) is 0 Å². The fourth-order valence-corrected chi connectivity index (χ4v) is 2.82. The van der Waals surface area contributed by atoms with E-state index >= 15 is 0 Å². The van der Waals surface area contributed by atoms with Crippen molar-refractivity contribution >= 4 is 17.6 Å². The highest BCUT2D eigenvalue weighted by atomic mass is 16.5. The molecule has 0 fully saturated rings. The van der Waals surface area contributed by atoms with Gasteiger partial charge in [0.05, 0.1) is 0 Å². The van der Waals surface area contributed by atoms with Crippen LogP contribution >= 0.6 is 0 Å². The van der Waals surface area contributed by atoms with Crippen LogP contribution in [0.1, 0.15) is 5.56 Å². The molecule has 7 heteroatoms. The summed E-state index contributed by atoms with van der Waals surface area (Å²) in [6, 6.07) is 23.3. The molecular formula is C24H23NO6. The number of carboxylic acid groups (broad SMARTS) is 1. The number of anilines is 1. The second kappa shape index (κ2) is 10.8. The van der Waals surface area contributed by atoms with Gasteiger partial charge in [-0.2, -0.15) is 0 Å². The maximum Gasteiger partial charge on any atom is 0.333 e. The minimum absolute atomic E-state index is 0.182. The van der Waals surface area contributed by atoms with Crippen LogP contribution in [0, 0.1) is 0 Å². The van der Waals surface area contributed by atoms with Crippen LogP contribution in [0.15, 0.2) is 78.9 Å². The van der Waals surface area contributed by atoms with Gasteiger partial charge in [0.25, 0.3) is 5.91 Å². The van der Waals surface area contributed by atoms with Crippen LogP contribution in [-0.2, 0) is 20.7 Å². The Morgan fingerprint density at radius 1 is 0.903 bits per heavy atom. The number of para-hydroxylation sites is 1. The van der Waals surface area contributed by atoms with Crippen LogP contribution in [0.5, 0.6) is 17.2 Å². The minimum atomic E-state index is -1.03. The van der Waals surface area contributed by atoms with Crippen molar-refractivity contribution in [2.45, 2.75) is 12.5 Å². The Morgan fingerprint density at radius 3 is 2.26 bits per heavy atom. The van der Waals surface area contributed by atoms with Gasteiger partial charge in [-0.15, -0.1) is 0 Å². The van der Waals surface area contributed by atoms with E-state index in [1.54, 1.807) is 48.5 Å². The SMILES string of the molecule is CO[C@@H](Cc1cccc(OCC(=O)Nc2ccc(Oc3ccccc3)cc2)c1)C(=O)O. The van der Waals surface area contributed by atoms with Crippen molar-refractivity contribution in [1.29, 1.82) is 0 Å². The van der Waals surface area contributed by atoms with E-state index in [-0.39, 0.29) is 18.9 Å². The first-order valence-electron chi connectivity index (χ1n) is 9.63. The second-order valence-electron chi connectivity index (χ2n) is 6.69. The fourth-order valence-electron chi connectivity index (χ4n) is 2.82. The summed E-state index contributed by atoms with van der Waals surface area (Å²) in [4.78, 5) is 23.3. The number of carbonyl (C=O) groups is 2. The van der Waals surface area contributed by atoms with Gasteiger partial charge in [-0.1, -0.05) is 30.3 Å². The topological polar surface area (TPSA) is 94.1 Å². The molecule has 0 bridgehead atoms. The van der Waals surface area contributed by atoms with Crippen molar-refractivity contribution in [3.05, 3.63) is 84.4 Å². The lowest BCUT2D eigenvalue weighted by Gasteiger charge is -2.12. The third-order valence-electron chi connectivity index (χ3n) is 4.37. The summed E-state index contributed by atoms with van der Waals surface area (Å²) in [6.45, 7) is -0.182. The molecule has 3 aromatic carbocycles. The smallest absolute Gasteiger partial charge is 0.333 e. The molecule has 31 heavy (non-hydrogen) atoms. The predicted molar refractivity (Wildman–Crippen MR) is 116 cm³/mol. The Kier molecular flexibility index (Phi) is 7.61. The summed E-state index contributed by atoms with van der Waals surface area (Å²) in [6.07, 6.45) is -0.737. The van der Waals surface area contributed by atoms with Gasteiger partial charge in [0, 0.05) is 19.2 Å². The highest BCUT2D eigenvalue weighted by Gasteiger charge is 2.17. The Labute approximate surface area is 180 Å². The summed E-state index contributed by atoms with van der Waals surface area (Å²) in [5.41, 5.74) is 1.35. The largest absolute Gasteiger partial charge is 0.484 e. The zero-order chi connectivity index (χ0) is 22.1. The van der Waals surface area contributed by atoms with Gasteiger partial charge in [-0.25, -0.2) is 4.79 Å². The standard InChI is InChI=1S/C24H23NO6/c1-29-22(24(27)28)15-17-6-5-9-21(14-17)30-16-23(26)25-18-10-12-20(13-11-18)31-19-7-3-2-4-8-19/h2-14,22H,15-16H2,1H3,(H,25,26)(H,27,28)/t22-/m0/s1. The molecule has 0 spiro atoms. The first-order valence-corrected chi connectivity index (χ1v) is 9.63. The van der Waals surface area contributed by atoms with Gasteiger partial charge < -0.3 is 24.6 Å². The van der Waals surface area contributed by atoms with E-state index < -0.39 is 12.1 Å². The molecule has 1 amide bonds. The molecule has 0 aliphatic heterocycles. The van der Waals surface area contributed by atoms with E-state index in [0.717, 1.165) is 11.3 Å². The van der Waals surface area contributed by atoms with E-state index in [9.17, 15) is 9.59 Å². The number of carbonyl (C=O) groups excluding carboxylic acids is 1. The first kappa shape index (κ1) is 21.9. The van der Waals surface area contributed by atoms with E-state index in [2.05, 4.69) is 5.32 Å². The van der Waals surface area contributed by atoms with Gasteiger partial charge >= 0.3 is 5.97 Å². The normalized spacial score (nSPS) is 11.4. The lowest BCUT2D eigenvalue weighted by atomic mass is 10.1. The van der Waals surface area contributed by atoms with Crippen molar-refractivity contribution in [3.8, 4) is 17.2 Å². The van der Waals surface area contributed by atoms with Crippen LogP contribution < -0.4 is 14.8 Å². The molecule has 0 unspecified atom stereocenters. The summed E-state index contributed by atoms with van der Waals surface area (Å²) >= 11 is 0. The van der Waals surface area contributed by atoms with Gasteiger partial charge in [0.1, 0.15) is 17.2 Å². The van der Waals surface area contributed by atoms with Crippen LogP contribution in [0.2, 0.25) is 0 Å². The van der Waals surface area contributed by atoms with E-state index in [0.29, 0.717) is 17.2 Å². The van der Waals surface area contributed by atoms with Gasteiger partial charge in [0.2, 0.25) is 0 Å². The average Bonchev–Trinajstić information content (AvgIpc) is 2.78. The molecule has 160 valence electrons. The number of ether oxygens (including phenoxy) is 3. The summed E-state index contributed by atoms with van der Waals surface area (Å²) < 4.78 is 16.2. The summed E-state index contributed by atoms with van der Waals surface area (Å²) in [5.74, 6) is 0.512. The van der Waals surface area contributed by atoms with Gasteiger partial charge in [-0.3, -0.25) is 4.79 Å². The van der Waals surface area contributed by atoms with Gasteiger partial charge in [0.15, 0.2) is 12.7 Å². The number of nitrogens with one attached hydrogen (secondary N) is 1. The predicted octanol–water partition coefficient (Wildman–Crippen LogP) is 4.14. The lowest BCUT2D eigenvalue weighted by Crippen LogP contribution is -2.24. The third kappa shape index (κ3) is 6.87. The number of benzene rings is 3. The maximum atomic E-state index is 12.2. The number of carboxylic acids is 1. The highest BCUT2D eigenvalue weighted by molar-refractivity contribution is 5.91. The number of amides is 1. The van der Waals surface area contributed by atoms with Crippen molar-refractivity contribution < 1.29 is 28.9 Å². The fraction of sp³-hybridized carbons (Fsp3) is 0.167. The molecule has 1 atom stereocenters. The second-order valence-corrected chi connectivity index (χ2v) is 6.69. The van der Waals surface area contributed by atoms with Crippen molar-refractivity contribution in [2.75, 3.05) is 19.0 Å². The van der Waals surface area contributed by atoms with Crippen molar-refractivity contribution in [1.82, 2.24) is 0 Å². The molecule has 0 heterocycles. The quantitative estimate of drug-likeness (QED) is 0.511. The van der Waals surface area contributed by atoms with Crippen LogP contribution in [0.25, 0.3) is 0 Å². The van der Waals surface area contributed by atoms with E-state index in [1.165, 1.54) is 7.11 Å². The number of aliphatic carboxylic acids is 1. The third-order valence-corrected chi connectivity index (χ3v) is 4.37. The molecule has 0 aromatic heterocycles. The average molecular weight is 421 g/mol. The summed E-state index contributed by atoms with van der Waals surface area (Å²) in [7, 11) is 1.35.